The number of hydrogen-bond donors (Lipinski definition) is 0. The molecule has 3 aliphatic rings. The van der Waals surface area contributed by atoms with E-state index >= 15 is 0 Å². The Morgan fingerprint density at radius 2 is 1.94 bits per heavy atom. The lowest BCUT2D eigenvalue weighted by Gasteiger charge is -2.58. The molecular formula is C16H26O2. The molecule has 2 saturated carbocycles. The summed E-state index contributed by atoms with van der Waals surface area (Å²) in [5.74, 6) is 1.29. The van der Waals surface area contributed by atoms with Gasteiger partial charge in [0.1, 0.15) is 6.29 Å². The van der Waals surface area contributed by atoms with Gasteiger partial charge in [0.25, 0.3) is 0 Å². The number of epoxide rings is 1. The largest absolute Gasteiger partial charge is 0.366 e. The first kappa shape index (κ1) is 12.7. The van der Waals surface area contributed by atoms with E-state index in [0.29, 0.717) is 17.9 Å². The van der Waals surface area contributed by atoms with Crippen LogP contribution in [0, 0.1) is 22.7 Å². The Hall–Kier alpha value is -0.370. The van der Waals surface area contributed by atoms with E-state index in [1.807, 2.05) is 0 Å². The number of hydrogen-bond acceptors (Lipinski definition) is 2. The van der Waals surface area contributed by atoms with E-state index in [-0.39, 0.29) is 16.4 Å². The van der Waals surface area contributed by atoms with Crippen LogP contribution in [0.4, 0.5) is 0 Å². The van der Waals surface area contributed by atoms with Crippen molar-refractivity contribution in [1.82, 2.24) is 0 Å². The van der Waals surface area contributed by atoms with Gasteiger partial charge in [-0.1, -0.05) is 20.8 Å². The Kier molecular flexibility index (Phi) is 2.53. The van der Waals surface area contributed by atoms with Crippen LogP contribution in [0.15, 0.2) is 0 Å². The summed E-state index contributed by atoms with van der Waals surface area (Å²) in [5, 5.41) is 0. The number of ether oxygens (including phenoxy) is 1. The molecule has 1 heterocycles. The second-order valence-electron chi connectivity index (χ2n) is 7.58. The molecular weight excluding hydrogens is 224 g/mol. The fourth-order valence-corrected chi connectivity index (χ4v) is 5.27. The Morgan fingerprint density at radius 1 is 1.22 bits per heavy atom. The maximum absolute atomic E-state index is 11.1. The molecule has 0 N–H and O–H groups in total. The lowest BCUT2D eigenvalue weighted by Crippen LogP contribution is -2.56. The van der Waals surface area contributed by atoms with Gasteiger partial charge in [-0.05, 0) is 49.9 Å². The van der Waals surface area contributed by atoms with Gasteiger partial charge in [-0.3, -0.25) is 0 Å². The third-order valence-corrected chi connectivity index (χ3v) is 7.11. The zero-order valence-electron chi connectivity index (χ0n) is 12.2. The van der Waals surface area contributed by atoms with Crippen molar-refractivity contribution in [2.75, 3.05) is 0 Å². The molecule has 0 spiro atoms. The van der Waals surface area contributed by atoms with Gasteiger partial charge in [0.15, 0.2) is 0 Å². The molecule has 2 aliphatic carbocycles. The molecule has 0 aromatic rings. The maximum Gasteiger partial charge on any atom is 0.120 e. The summed E-state index contributed by atoms with van der Waals surface area (Å²) < 4.78 is 6.06. The molecule has 0 aromatic carbocycles. The van der Waals surface area contributed by atoms with Crippen molar-refractivity contribution >= 4 is 6.29 Å². The van der Waals surface area contributed by atoms with Gasteiger partial charge < -0.3 is 9.53 Å². The molecule has 0 unspecified atom stereocenters. The molecule has 3 rings (SSSR count). The SMILES string of the molecule is C[C@@H]1CC[C@]2(C)[C@H](CC[C@H]3O[C@@]32C)[C@@]1(C)CC=O. The number of carbonyl (C=O) groups excluding carboxylic acids is 1. The molecule has 0 bridgehead atoms. The summed E-state index contributed by atoms with van der Waals surface area (Å²) in [7, 11) is 0. The number of carbonyl (C=O) groups is 1. The average molecular weight is 250 g/mol. The standard InChI is InChI=1S/C16H26O2/c1-11-7-8-15(3)12(14(11,2)9-10-17)5-6-13-16(15,4)18-13/h10-13H,5-9H2,1-4H3/t11-,12-,13-,14+,15-,16+/m1/s1. The van der Waals surface area contributed by atoms with E-state index in [2.05, 4.69) is 27.7 Å². The molecule has 2 nitrogen and oxygen atoms in total. The summed E-state index contributed by atoms with van der Waals surface area (Å²) in [6.07, 6.45) is 7.29. The molecule has 0 aromatic heterocycles. The monoisotopic (exact) mass is 250 g/mol. The van der Waals surface area contributed by atoms with Gasteiger partial charge in [-0.15, -0.1) is 0 Å². The average Bonchev–Trinajstić information content (AvgIpc) is 2.99. The summed E-state index contributed by atoms with van der Waals surface area (Å²) in [5.41, 5.74) is 0.551. The lowest BCUT2D eigenvalue weighted by molar-refractivity contribution is -0.124. The van der Waals surface area contributed by atoms with Crippen molar-refractivity contribution in [3.05, 3.63) is 0 Å². The van der Waals surface area contributed by atoms with Crippen LogP contribution in [0.1, 0.15) is 59.8 Å². The lowest BCUT2D eigenvalue weighted by atomic mass is 9.45. The van der Waals surface area contributed by atoms with Crippen LogP contribution in [0.25, 0.3) is 0 Å². The fraction of sp³-hybridized carbons (Fsp3) is 0.938. The third kappa shape index (κ3) is 1.31. The smallest absolute Gasteiger partial charge is 0.120 e. The van der Waals surface area contributed by atoms with Gasteiger partial charge in [0, 0.05) is 11.8 Å². The molecule has 0 amide bonds. The van der Waals surface area contributed by atoms with Crippen LogP contribution < -0.4 is 0 Å². The second-order valence-corrected chi connectivity index (χ2v) is 7.58. The zero-order valence-corrected chi connectivity index (χ0v) is 12.2. The molecule has 0 radical (unpaired) electrons. The second kappa shape index (κ2) is 3.59. The van der Waals surface area contributed by atoms with E-state index in [0.717, 1.165) is 12.7 Å². The van der Waals surface area contributed by atoms with Crippen LogP contribution >= 0.6 is 0 Å². The fourth-order valence-electron chi connectivity index (χ4n) is 5.27. The van der Waals surface area contributed by atoms with Crippen LogP contribution in [0.5, 0.6) is 0 Å². The number of aldehydes is 1. The summed E-state index contributed by atoms with van der Waals surface area (Å²) in [6, 6.07) is 0. The summed E-state index contributed by atoms with van der Waals surface area (Å²) >= 11 is 0. The first-order valence-corrected chi connectivity index (χ1v) is 7.50. The highest BCUT2D eigenvalue weighted by molar-refractivity contribution is 5.51. The molecule has 2 heteroatoms. The summed E-state index contributed by atoms with van der Waals surface area (Å²) in [6.45, 7) is 9.42. The van der Waals surface area contributed by atoms with E-state index in [1.165, 1.54) is 25.7 Å². The van der Waals surface area contributed by atoms with E-state index in [1.54, 1.807) is 0 Å². The highest BCUT2D eigenvalue weighted by Crippen LogP contribution is 2.69. The van der Waals surface area contributed by atoms with Crippen LogP contribution in [-0.2, 0) is 9.53 Å². The molecule has 6 atom stereocenters. The van der Waals surface area contributed by atoms with Crippen LogP contribution in [0.2, 0.25) is 0 Å². The normalized spacial score (nSPS) is 58.6. The van der Waals surface area contributed by atoms with Gasteiger partial charge in [-0.2, -0.15) is 0 Å². The third-order valence-electron chi connectivity index (χ3n) is 7.11. The molecule has 1 saturated heterocycles. The number of rotatable bonds is 2. The maximum atomic E-state index is 11.1. The first-order chi connectivity index (χ1) is 8.38. The number of fused-ring (bicyclic) bond motifs is 3. The topological polar surface area (TPSA) is 29.6 Å². The van der Waals surface area contributed by atoms with Crippen molar-refractivity contribution in [3.8, 4) is 0 Å². The molecule has 3 fully saturated rings. The minimum Gasteiger partial charge on any atom is -0.366 e. The van der Waals surface area contributed by atoms with Gasteiger partial charge in [0.2, 0.25) is 0 Å². The minimum atomic E-state index is 0.0974. The van der Waals surface area contributed by atoms with Crippen molar-refractivity contribution < 1.29 is 9.53 Å². The summed E-state index contributed by atoms with van der Waals surface area (Å²) in [4.78, 5) is 11.1. The Labute approximate surface area is 110 Å². The van der Waals surface area contributed by atoms with Crippen LogP contribution in [0.3, 0.4) is 0 Å². The van der Waals surface area contributed by atoms with Crippen LogP contribution in [-0.4, -0.2) is 18.0 Å². The minimum absolute atomic E-state index is 0.0974. The van der Waals surface area contributed by atoms with Gasteiger partial charge in [-0.25, -0.2) is 0 Å². The van der Waals surface area contributed by atoms with E-state index in [4.69, 9.17) is 4.74 Å². The highest BCUT2D eigenvalue weighted by atomic mass is 16.6. The Balaban J connectivity index is 1.99. The first-order valence-electron chi connectivity index (χ1n) is 7.50. The van der Waals surface area contributed by atoms with Gasteiger partial charge >= 0.3 is 0 Å². The van der Waals surface area contributed by atoms with E-state index in [9.17, 15) is 4.79 Å². The van der Waals surface area contributed by atoms with Crippen molar-refractivity contribution in [2.45, 2.75) is 71.5 Å². The molecule has 18 heavy (non-hydrogen) atoms. The predicted molar refractivity (Wildman–Crippen MR) is 71.3 cm³/mol. The quantitative estimate of drug-likeness (QED) is 0.554. The van der Waals surface area contributed by atoms with Gasteiger partial charge in [0.05, 0.1) is 11.7 Å². The molecule has 1 aliphatic heterocycles. The Bertz CT molecular complexity index is 379. The Morgan fingerprint density at radius 3 is 2.61 bits per heavy atom. The highest BCUT2D eigenvalue weighted by Gasteiger charge is 2.71. The van der Waals surface area contributed by atoms with Crippen molar-refractivity contribution in [3.63, 3.8) is 0 Å². The van der Waals surface area contributed by atoms with Crippen molar-refractivity contribution in [2.24, 2.45) is 22.7 Å². The molecule has 102 valence electrons. The van der Waals surface area contributed by atoms with E-state index < -0.39 is 0 Å². The zero-order chi connectivity index (χ0) is 13.2. The predicted octanol–water partition coefficient (Wildman–Crippen LogP) is 3.59. The van der Waals surface area contributed by atoms with Crippen molar-refractivity contribution in [1.29, 1.82) is 0 Å².